The Morgan fingerprint density at radius 2 is 2.22 bits per heavy atom. The number of amides is 2. The van der Waals surface area contributed by atoms with Crippen molar-refractivity contribution < 1.29 is 18.7 Å². The van der Waals surface area contributed by atoms with Crippen molar-refractivity contribution in [2.24, 2.45) is 0 Å². The molecule has 2 heterocycles. The highest BCUT2D eigenvalue weighted by Gasteiger charge is 2.53. The van der Waals surface area contributed by atoms with Crippen molar-refractivity contribution in [1.29, 1.82) is 0 Å². The highest BCUT2D eigenvalue weighted by atomic mass is 19.1. The van der Waals surface area contributed by atoms with Crippen LogP contribution in [0.3, 0.4) is 0 Å². The fourth-order valence-corrected chi connectivity index (χ4v) is 2.77. The SMILES string of the molecule is COCCNC(=O)c1cnn2c1CN(C(=O)C1(F)CC1)CCC2. The first-order chi connectivity index (χ1) is 11.0. The number of aryl methyl sites for hydroxylation is 1. The van der Waals surface area contributed by atoms with Crippen molar-refractivity contribution in [2.75, 3.05) is 26.8 Å². The number of nitrogens with zero attached hydrogens (tertiary/aromatic N) is 3. The van der Waals surface area contributed by atoms with Gasteiger partial charge in [-0.05, 0) is 19.3 Å². The zero-order valence-electron chi connectivity index (χ0n) is 13.2. The summed E-state index contributed by atoms with van der Waals surface area (Å²) >= 11 is 0. The summed E-state index contributed by atoms with van der Waals surface area (Å²) in [5, 5.41) is 6.98. The lowest BCUT2D eigenvalue weighted by molar-refractivity contribution is -0.138. The third-order valence-corrected chi connectivity index (χ3v) is 4.28. The summed E-state index contributed by atoms with van der Waals surface area (Å²) in [5.41, 5.74) is -0.588. The molecular formula is C15H21FN4O3. The summed E-state index contributed by atoms with van der Waals surface area (Å²) in [6.45, 7) is 2.14. The van der Waals surface area contributed by atoms with E-state index in [9.17, 15) is 14.0 Å². The van der Waals surface area contributed by atoms with Gasteiger partial charge in [0.05, 0.1) is 30.6 Å². The van der Waals surface area contributed by atoms with Gasteiger partial charge < -0.3 is 15.0 Å². The molecule has 23 heavy (non-hydrogen) atoms. The van der Waals surface area contributed by atoms with Gasteiger partial charge in [-0.15, -0.1) is 0 Å². The Bertz CT molecular complexity index is 612. The molecule has 1 fully saturated rings. The monoisotopic (exact) mass is 324 g/mol. The highest BCUT2D eigenvalue weighted by Crippen LogP contribution is 2.42. The van der Waals surface area contributed by atoms with Gasteiger partial charge in [0.15, 0.2) is 5.67 Å². The van der Waals surface area contributed by atoms with Crippen molar-refractivity contribution in [3.05, 3.63) is 17.5 Å². The number of carbonyl (C=O) groups is 2. The average Bonchev–Trinajstić information content (AvgIpc) is 3.23. The molecule has 2 aliphatic rings. The van der Waals surface area contributed by atoms with E-state index in [1.807, 2.05) is 0 Å². The molecule has 1 saturated carbocycles. The molecular weight excluding hydrogens is 303 g/mol. The van der Waals surface area contributed by atoms with E-state index in [-0.39, 0.29) is 12.5 Å². The maximum Gasteiger partial charge on any atom is 0.260 e. The lowest BCUT2D eigenvalue weighted by Gasteiger charge is -2.22. The van der Waals surface area contributed by atoms with Crippen LogP contribution < -0.4 is 5.32 Å². The molecule has 1 aromatic heterocycles. The van der Waals surface area contributed by atoms with Crippen LogP contribution in [0.5, 0.6) is 0 Å². The lowest BCUT2D eigenvalue weighted by atomic mass is 10.2. The molecule has 3 rings (SSSR count). The first-order valence-corrected chi connectivity index (χ1v) is 7.85. The van der Waals surface area contributed by atoms with Crippen LogP contribution in [0.2, 0.25) is 0 Å². The maximum absolute atomic E-state index is 14.1. The highest BCUT2D eigenvalue weighted by molar-refractivity contribution is 5.95. The smallest absolute Gasteiger partial charge is 0.260 e. The number of carbonyl (C=O) groups excluding carboxylic acids is 2. The van der Waals surface area contributed by atoms with Crippen LogP contribution in [0.25, 0.3) is 0 Å². The average molecular weight is 324 g/mol. The molecule has 0 unspecified atom stereocenters. The third kappa shape index (κ3) is 3.21. The molecule has 1 aliphatic heterocycles. The second kappa shape index (κ2) is 6.27. The van der Waals surface area contributed by atoms with Crippen LogP contribution in [0, 0.1) is 0 Å². The number of halogens is 1. The number of nitrogens with one attached hydrogen (secondary N) is 1. The minimum Gasteiger partial charge on any atom is -0.383 e. The molecule has 0 radical (unpaired) electrons. The molecule has 7 nitrogen and oxygen atoms in total. The van der Waals surface area contributed by atoms with Gasteiger partial charge in [-0.1, -0.05) is 0 Å². The van der Waals surface area contributed by atoms with Gasteiger partial charge in [-0.2, -0.15) is 5.10 Å². The van der Waals surface area contributed by atoms with Crippen LogP contribution in [0.1, 0.15) is 35.3 Å². The molecule has 0 aromatic carbocycles. The van der Waals surface area contributed by atoms with E-state index in [0.717, 1.165) is 0 Å². The first kappa shape index (κ1) is 15.9. The predicted octanol–water partition coefficient (Wildman–Crippen LogP) is 0.494. The van der Waals surface area contributed by atoms with Gasteiger partial charge in [-0.25, -0.2) is 4.39 Å². The number of aromatic nitrogens is 2. The Morgan fingerprint density at radius 1 is 1.43 bits per heavy atom. The molecule has 1 N–H and O–H groups in total. The molecule has 0 atom stereocenters. The largest absolute Gasteiger partial charge is 0.383 e. The quantitative estimate of drug-likeness (QED) is 0.800. The molecule has 1 aromatic rings. The fourth-order valence-electron chi connectivity index (χ4n) is 2.77. The van der Waals surface area contributed by atoms with E-state index in [2.05, 4.69) is 10.4 Å². The Balaban J connectivity index is 1.75. The van der Waals surface area contributed by atoms with E-state index in [1.165, 1.54) is 11.1 Å². The number of methoxy groups -OCH3 is 1. The Kier molecular flexibility index (Phi) is 4.34. The number of ether oxygens (including phenoxy) is 1. The van der Waals surface area contributed by atoms with Gasteiger partial charge in [0.25, 0.3) is 11.8 Å². The first-order valence-electron chi connectivity index (χ1n) is 7.85. The van der Waals surface area contributed by atoms with Crippen LogP contribution >= 0.6 is 0 Å². The number of fused-ring (bicyclic) bond motifs is 1. The topological polar surface area (TPSA) is 76.5 Å². The Hall–Kier alpha value is -1.96. The van der Waals surface area contributed by atoms with E-state index in [4.69, 9.17) is 4.74 Å². The summed E-state index contributed by atoms with van der Waals surface area (Å²) in [7, 11) is 1.56. The molecule has 0 spiro atoms. The van der Waals surface area contributed by atoms with Crippen LogP contribution in [0.4, 0.5) is 4.39 Å². The van der Waals surface area contributed by atoms with E-state index >= 15 is 0 Å². The molecule has 0 saturated heterocycles. The minimum absolute atomic E-state index is 0.220. The third-order valence-electron chi connectivity index (χ3n) is 4.28. The number of hydrogen-bond donors (Lipinski definition) is 1. The second-order valence-electron chi connectivity index (χ2n) is 6.02. The van der Waals surface area contributed by atoms with Gasteiger partial charge in [0.2, 0.25) is 0 Å². The van der Waals surface area contributed by atoms with E-state index < -0.39 is 11.6 Å². The van der Waals surface area contributed by atoms with Gasteiger partial charge in [0, 0.05) is 26.7 Å². The van der Waals surface area contributed by atoms with Crippen LogP contribution in [0.15, 0.2) is 6.20 Å². The van der Waals surface area contributed by atoms with Crippen molar-refractivity contribution >= 4 is 11.8 Å². The molecule has 8 heteroatoms. The van der Waals surface area contributed by atoms with Crippen molar-refractivity contribution in [3.63, 3.8) is 0 Å². The standard InChI is InChI=1S/C15H21FN4O3/c1-23-8-5-17-13(21)11-9-18-20-7-2-6-19(10-12(11)20)14(22)15(16)3-4-15/h9H,2-8,10H2,1H3,(H,17,21). The van der Waals surface area contributed by atoms with Gasteiger partial charge in [0.1, 0.15) is 0 Å². The molecule has 126 valence electrons. The fraction of sp³-hybridized carbons (Fsp3) is 0.667. The van der Waals surface area contributed by atoms with Crippen molar-refractivity contribution in [2.45, 2.75) is 38.0 Å². The number of rotatable bonds is 5. The van der Waals surface area contributed by atoms with Gasteiger partial charge in [-0.3, -0.25) is 14.3 Å². The minimum atomic E-state index is -1.68. The zero-order valence-corrected chi connectivity index (χ0v) is 13.2. The zero-order chi connectivity index (χ0) is 16.4. The summed E-state index contributed by atoms with van der Waals surface area (Å²) in [4.78, 5) is 26.0. The van der Waals surface area contributed by atoms with Crippen LogP contribution in [-0.4, -0.2) is 59.0 Å². The number of alkyl halides is 1. The molecule has 2 amide bonds. The lowest BCUT2D eigenvalue weighted by Crippen LogP contribution is -2.38. The number of hydrogen-bond acceptors (Lipinski definition) is 4. The van der Waals surface area contributed by atoms with Crippen LogP contribution in [-0.2, 0) is 22.6 Å². The second-order valence-corrected chi connectivity index (χ2v) is 6.02. The Labute approximate surface area is 133 Å². The predicted molar refractivity (Wildman–Crippen MR) is 79.5 cm³/mol. The van der Waals surface area contributed by atoms with E-state index in [1.54, 1.807) is 11.8 Å². The van der Waals surface area contributed by atoms with Crippen molar-refractivity contribution in [1.82, 2.24) is 20.0 Å². The van der Waals surface area contributed by atoms with Crippen molar-refractivity contribution in [3.8, 4) is 0 Å². The summed E-state index contributed by atoms with van der Waals surface area (Å²) < 4.78 is 20.7. The molecule has 1 aliphatic carbocycles. The maximum atomic E-state index is 14.1. The molecule has 0 bridgehead atoms. The summed E-state index contributed by atoms with van der Waals surface area (Å²) in [6, 6.07) is 0. The Morgan fingerprint density at radius 3 is 2.91 bits per heavy atom. The summed E-state index contributed by atoms with van der Waals surface area (Å²) in [6.07, 6.45) is 2.80. The normalized spacial score (nSPS) is 19.0. The summed E-state index contributed by atoms with van der Waals surface area (Å²) in [5.74, 6) is -0.711. The van der Waals surface area contributed by atoms with Gasteiger partial charge >= 0.3 is 0 Å². The van der Waals surface area contributed by atoms with E-state index in [0.29, 0.717) is 56.8 Å².